The van der Waals surface area contributed by atoms with Gasteiger partial charge in [-0.3, -0.25) is 9.69 Å². The number of esters is 1. The van der Waals surface area contributed by atoms with Crippen molar-refractivity contribution >= 4 is 17.0 Å². The Bertz CT molecular complexity index is 1060. The first-order valence-corrected chi connectivity index (χ1v) is 12.3. The number of aromatic nitrogens is 2. The Morgan fingerprint density at radius 3 is 2.62 bits per heavy atom. The van der Waals surface area contributed by atoms with E-state index in [1.807, 2.05) is 28.8 Å². The van der Waals surface area contributed by atoms with Crippen LogP contribution in [0.4, 0.5) is 0 Å². The van der Waals surface area contributed by atoms with Gasteiger partial charge in [0.25, 0.3) is 5.56 Å². The van der Waals surface area contributed by atoms with Gasteiger partial charge in [-0.2, -0.15) is 0 Å². The number of benzene rings is 1. The van der Waals surface area contributed by atoms with E-state index in [1.54, 1.807) is 6.92 Å². The number of allylic oxidation sites excluding steroid dienone is 1. The number of piperidine rings is 1. The molecule has 32 heavy (non-hydrogen) atoms. The van der Waals surface area contributed by atoms with Crippen LogP contribution in [0.25, 0.3) is 11.0 Å². The zero-order valence-electron chi connectivity index (χ0n) is 18.9. The Hall–Kier alpha value is -2.47. The van der Waals surface area contributed by atoms with Gasteiger partial charge in [-0.25, -0.2) is 9.78 Å². The number of hydrogen-bond acceptors (Lipinski definition) is 5. The molecule has 2 aromatic rings. The maximum atomic E-state index is 13.5. The van der Waals surface area contributed by atoms with Gasteiger partial charge in [0.1, 0.15) is 0 Å². The molecular formula is C26H33N3O3. The van der Waals surface area contributed by atoms with Gasteiger partial charge in [0.2, 0.25) is 5.69 Å². The first-order chi connectivity index (χ1) is 15.7. The molecule has 2 unspecified atom stereocenters. The third-order valence-corrected chi connectivity index (χ3v) is 7.51. The van der Waals surface area contributed by atoms with E-state index in [1.165, 1.54) is 44.9 Å². The van der Waals surface area contributed by atoms with E-state index in [0.717, 1.165) is 18.4 Å². The molecule has 2 saturated heterocycles. The average Bonchev–Trinajstić information content (AvgIpc) is 3.02. The maximum Gasteiger partial charge on any atom is 0.362 e. The molecule has 2 bridgehead atoms. The van der Waals surface area contributed by atoms with Gasteiger partial charge < -0.3 is 9.30 Å². The molecule has 1 aliphatic carbocycles. The van der Waals surface area contributed by atoms with Crippen LogP contribution in [0.3, 0.4) is 0 Å². The van der Waals surface area contributed by atoms with Gasteiger partial charge in [0.15, 0.2) is 0 Å². The second-order valence-corrected chi connectivity index (χ2v) is 9.44. The highest BCUT2D eigenvalue weighted by molar-refractivity contribution is 5.89. The molecule has 3 aliphatic rings. The molecule has 6 nitrogen and oxygen atoms in total. The number of nitrogens with zero attached hydrogens (tertiary/aromatic N) is 3. The van der Waals surface area contributed by atoms with Crippen molar-refractivity contribution in [3.63, 3.8) is 0 Å². The number of fused-ring (bicyclic) bond motifs is 3. The van der Waals surface area contributed by atoms with Crippen molar-refractivity contribution in [1.29, 1.82) is 0 Å². The van der Waals surface area contributed by atoms with Crippen LogP contribution in [0.2, 0.25) is 0 Å². The molecular weight excluding hydrogens is 402 g/mol. The minimum absolute atomic E-state index is 0.0786. The van der Waals surface area contributed by atoms with Gasteiger partial charge in [-0.05, 0) is 64.0 Å². The standard InChI is InChI=1S/C26H33N3O3/c1-2-32-26(31)24-25(30)29(23-13-9-8-12-22(23)27-24)21-16-19-14-15-20(17-21)28(19)18-10-6-4-3-5-7-11-18/h6,8-10,12-13,18-21H,2-5,7,11,14-17H2,1H3/b10-6-/t18?,19-,20+,21?. The number of carbonyl (C=O) groups is 1. The van der Waals surface area contributed by atoms with E-state index in [0.29, 0.717) is 23.6 Å². The second kappa shape index (κ2) is 9.18. The summed E-state index contributed by atoms with van der Waals surface area (Å²) in [7, 11) is 0. The fourth-order valence-corrected chi connectivity index (χ4v) is 6.18. The van der Waals surface area contributed by atoms with E-state index in [-0.39, 0.29) is 23.9 Å². The summed E-state index contributed by atoms with van der Waals surface area (Å²) in [5.41, 5.74) is 1.08. The molecule has 0 spiro atoms. The molecule has 0 N–H and O–H groups in total. The van der Waals surface area contributed by atoms with Crippen LogP contribution in [0.1, 0.15) is 81.2 Å². The Labute approximate surface area is 189 Å². The zero-order valence-corrected chi connectivity index (χ0v) is 18.9. The van der Waals surface area contributed by atoms with E-state index in [9.17, 15) is 9.59 Å². The minimum Gasteiger partial charge on any atom is -0.461 e. The Kier molecular flexibility index (Phi) is 6.13. The van der Waals surface area contributed by atoms with Gasteiger partial charge >= 0.3 is 5.97 Å². The summed E-state index contributed by atoms with van der Waals surface area (Å²) in [6, 6.07) is 9.22. The summed E-state index contributed by atoms with van der Waals surface area (Å²) in [4.78, 5) is 33.1. The first kappa shape index (κ1) is 21.4. The molecule has 2 aliphatic heterocycles. The smallest absolute Gasteiger partial charge is 0.362 e. The SMILES string of the molecule is CCOC(=O)c1nc2ccccc2n(C2C[C@H]3CC[C@@H](C2)N3C2/C=C\CCCCC2)c1=O. The summed E-state index contributed by atoms with van der Waals surface area (Å²) in [6.45, 7) is 1.97. The van der Waals surface area contributed by atoms with Crippen molar-refractivity contribution in [2.24, 2.45) is 0 Å². The molecule has 0 radical (unpaired) electrons. The zero-order chi connectivity index (χ0) is 22.1. The third-order valence-electron chi connectivity index (χ3n) is 7.51. The number of para-hydroxylation sites is 2. The third kappa shape index (κ3) is 3.90. The second-order valence-electron chi connectivity index (χ2n) is 9.44. The van der Waals surface area contributed by atoms with Crippen molar-refractivity contribution in [2.75, 3.05) is 6.61 Å². The topological polar surface area (TPSA) is 64.4 Å². The van der Waals surface area contributed by atoms with Crippen molar-refractivity contribution in [1.82, 2.24) is 14.5 Å². The van der Waals surface area contributed by atoms with E-state index in [4.69, 9.17) is 4.74 Å². The van der Waals surface area contributed by atoms with Crippen LogP contribution >= 0.6 is 0 Å². The summed E-state index contributed by atoms with van der Waals surface area (Å²) in [5.74, 6) is -0.628. The average molecular weight is 436 g/mol. The van der Waals surface area contributed by atoms with Crippen molar-refractivity contribution < 1.29 is 9.53 Å². The molecule has 1 aromatic heterocycles. The highest BCUT2D eigenvalue weighted by atomic mass is 16.5. The quantitative estimate of drug-likeness (QED) is 0.518. The number of rotatable bonds is 4. The predicted octanol–water partition coefficient (Wildman–Crippen LogP) is 4.63. The fourth-order valence-electron chi connectivity index (χ4n) is 6.18. The highest BCUT2D eigenvalue weighted by Gasteiger charge is 2.44. The first-order valence-electron chi connectivity index (χ1n) is 12.3. The van der Waals surface area contributed by atoms with Gasteiger partial charge in [-0.15, -0.1) is 0 Å². The molecule has 0 saturated carbocycles. The number of hydrogen-bond donors (Lipinski definition) is 0. The molecule has 4 atom stereocenters. The van der Waals surface area contributed by atoms with Gasteiger partial charge in [-0.1, -0.05) is 37.1 Å². The van der Waals surface area contributed by atoms with Crippen LogP contribution in [0, 0.1) is 0 Å². The normalized spacial score (nSPS) is 29.4. The van der Waals surface area contributed by atoms with Gasteiger partial charge in [0.05, 0.1) is 17.6 Å². The lowest BCUT2D eigenvalue weighted by atomic mass is 9.92. The highest BCUT2D eigenvalue weighted by Crippen LogP contribution is 2.43. The fraction of sp³-hybridized carbons (Fsp3) is 0.577. The molecule has 3 heterocycles. The summed E-state index contributed by atoms with van der Waals surface area (Å²) >= 11 is 0. The Morgan fingerprint density at radius 1 is 1.06 bits per heavy atom. The van der Waals surface area contributed by atoms with Gasteiger partial charge in [0, 0.05) is 24.2 Å². The Balaban J connectivity index is 1.49. The monoisotopic (exact) mass is 435 g/mol. The van der Waals surface area contributed by atoms with Crippen LogP contribution in [0.5, 0.6) is 0 Å². The molecule has 1 aromatic carbocycles. The lowest BCUT2D eigenvalue weighted by Crippen LogP contribution is -2.49. The van der Waals surface area contributed by atoms with Crippen LogP contribution in [-0.2, 0) is 4.74 Å². The van der Waals surface area contributed by atoms with Crippen LogP contribution in [0.15, 0.2) is 41.2 Å². The van der Waals surface area contributed by atoms with E-state index >= 15 is 0 Å². The van der Waals surface area contributed by atoms with Crippen molar-refractivity contribution in [3.8, 4) is 0 Å². The number of carbonyl (C=O) groups excluding carboxylic acids is 1. The lowest BCUT2D eigenvalue weighted by Gasteiger charge is -2.43. The predicted molar refractivity (Wildman–Crippen MR) is 125 cm³/mol. The lowest BCUT2D eigenvalue weighted by molar-refractivity contribution is 0.0514. The molecule has 5 rings (SSSR count). The molecule has 0 amide bonds. The van der Waals surface area contributed by atoms with Crippen molar-refractivity contribution in [2.45, 2.75) is 88.9 Å². The maximum absolute atomic E-state index is 13.5. The molecule has 170 valence electrons. The van der Waals surface area contributed by atoms with E-state index in [2.05, 4.69) is 22.0 Å². The Morgan fingerprint density at radius 2 is 1.84 bits per heavy atom. The summed E-state index contributed by atoms with van der Waals surface area (Å²) in [6.07, 6.45) is 15.4. The number of ether oxygens (including phenoxy) is 1. The van der Waals surface area contributed by atoms with E-state index < -0.39 is 5.97 Å². The largest absolute Gasteiger partial charge is 0.461 e. The van der Waals surface area contributed by atoms with Crippen LogP contribution in [-0.4, -0.2) is 45.2 Å². The van der Waals surface area contributed by atoms with Crippen molar-refractivity contribution in [3.05, 3.63) is 52.5 Å². The molecule has 2 fully saturated rings. The molecule has 6 heteroatoms. The summed E-state index contributed by atoms with van der Waals surface area (Å²) in [5, 5.41) is 0. The summed E-state index contributed by atoms with van der Waals surface area (Å²) < 4.78 is 6.99. The van der Waals surface area contributed by atoms with Crippen LogP contribution < -0.4 is 5.56 Å². The minimum atomic E-state index is -0.628.